The van der Waals surface area contributed by atoms with Crippen LogP contribution in [-0.4, -0.2) is 55.5 Å². The van der Waals surface area contributed by atoms with Crippen LogP contribution < -0.4 is 0 Å². The average molecular weight is 259 g/mol. The maximum Gasteiger partial charge on any atom is 0.410 e. The topological polar surface area (TPSA) is 65.1 Å². The third-order valence-electron chi connectivity index (χ3n) is 2.46. The van der Waals surface area contributed by atoms with E-state index in [0.717, 1.165) is 0 Å². The van der Waals surface area contributed by atoms with Crippen molar-refractivity contribution in [3.05, 3.63) is 0 Å². The summed E-state index contributed by atoms with van der Waals surface area (Å²) in [6, 6.07) is 0. The molecule has 0 radical (unpaired) electrons. The summed E-state index contributed by atoms with van der Waals surface area (Å²) >= 11 is 0. The highest BCUT2D eigenvalue weighted by Crippen LogP contribution is 2.17. The first-order valence-corrected chi connectivity index (χ1v) is 5.98. The average Bonchev–Trinajstić information content (AvgIpc) is 2.72. The van der Waals surface area contributed by atoms with Crippen LogP contribution in [-0.2, 0) is 19.0 Å². The fourth-order valence-electron chi connectivity index (χ4n) is 1.60. The maximum absolute atomic E-state index is 11.8. The summed E-state index contributed by atoms with van der Waals surface area (Å²) in [7, 11) is 1.31. The number of amides is 1. The van der Waals surface area contributed by atoms with Crippen LogP contribution >= 0.6 is 0 Å². The molecule has 0 aromatic rings. The second kappa shape index (κ2) is 6.04. The van der Waals surface area contributed by atoms with E-state index in [1.54, 1.807) is 4.90 Å². The van der Waals surface area contributed by atoms with E-state index in [1.165, 1.54) is 7.11 Å². The number of hydrogen-bond donors (Lipinski definition) is 0. The van der Waals surface area contributed by atoms with Crippen LogP contribution in [0, 0.1) is 0 Å². The van der Waals surface area contributed by atoms with Gasteiger partial charge in [0.05, 0.1) is 19.8 Å². The number of carbonyl (C=O) groups is 2. The van der Waals surface area contributed by atoms with Crippen LogP contribution in [0.3, 0.4) is 0 Å². The van der Waals surface area contributed by atoms with Gasteiger partial charge in [-0.1, -0.05) is 0 Å². The summed E-state index contributed by atoms with van der Waals surface area (Å²) in [5, 5.41) is 0. The zero-order chi connectivity index (χ0) is 13.8. The molecule has 1 rings (SSSR count). The third kappa shape index (κ3) is 4.91. The fourth-order valence-corrected chi connectivity index (χ4v) is 1.60. The molecule has 0 saturated carbocycles. The van der Waals surface area contributed by atoms with Crippen molar-refractivity contribution in [3.8, 4) is 0 Å². The lowest BCUT2D eigenvalue weighted by Gasteiger charge is -2.24. The Kier molecular flexibility index (Phi) is 4.95. The van der Waals surface area contributed by atoms with Crippen molar-refractivity contribution in [1.82, 2.24) is 4.90 Å². The SMILES string of the molecule is COC(=O)COC1CCN(C(=O)OC(C)(C)C)C1. The third-order valence-corrected chi connectivity index (χ3v) is 2.46. The summed E-state index contributed by atoms with van der Waals surface area (Å²) in [6.07, 6.45) is 0.235. The van der Waals surface area contributed by atoms with Crippen molar-refractivity contribution in [2.45, 2.75) is 38.9 Å². The maximum atomic E-state index is 11.8. The van der Waals surface area contributed by atoms with Gasteiger partial charge in [-0.2, -0.15) is 0 Å². The van der Waals surface area contributed by atoms with E-state index in [1.807, 2.05) is 20.8 Å². The first-order chi connectivity index (χ1) is 8.31. The number of nitrogens with zero attached hydrogens (tertiary/aromatic N) is 1. The van der Waals surface area contributed by atoms with E-state index in [0.29, 0.717) is 19.5 Å². The Bertz CT molecular complexity index is 310. The largest absolute Gasteiger partial charge is 0.467 e. The Hall–Kier alpha value is -1.30. The Morgan fingerprint density at radius 1 is 1.33 bits per heavy atom. The number of carbonyl (C=O) groups excluding carboxylic acids is 2. The van der Waals surface area contributed by atoms with E-state index in [4.69, 9.17) is 9.47 Å². The van der Waals surface area contributed by atoms with Gasteiger partial charge in [0.25, 0.3) is 0 Å². The Labute approximate surface area is 107 Å². The molecule has 6 heteroatoms. The summed E-state index contributed by atoms with van der Waals surface area (Å²) in [4.78, 5) is 24.3. The van der Waals surface area contributed by atoms with Crippen molar-refractivity contribution in [3.63, 3.8) is 0 Å². The smallest absolute Gasteiger partial charge is 0.410 e. The van der Waals surface area contributed by atoms with Crippen molar-refractivity contribution < 1.29 is 23.8 Å². The van der Waals surface area contributed by atoms with E-state index >= 15 is 0 Å². The molecule has 0 aromatic carbocycles. The predicted octanol–water partition coefficient (Wildman–Crippen LogP) is 1.19. The van der Waals surface area contributed by atoms with E-state index in [9.17, 15) is 9.59 Å². The van der Waals surface area contributed by atoms with E-state index in [-0.39, 0.29) is 18.8 Å². The molecule has 0 bridgehead atoms. The van der Waals surface area contributed by atoms with Crippen molar-refractivity contribution in [2.24, 2.45) is 0 Å². The van der Waals surface area contributed by atoms with E-state index in [2.05, 4.69) is 4.74 Å². The van der Waals surface area contributed by atoms with Gasteiger partial charge in [0, 0.05) is 6.54 Å². The molecule has 1 fully saturated rings. The lowest BCUT2D eigenvalue weighted by Crippen LogP contribution is -2.36. The Morgan fingerprint density at radius 3 is 2.56 bits per heavy atom. The number of esters is 1. The summed E-state index contributed by atoms with van der Waals surface area (Å²) in [6.45, 7) is 6.43. The minimum Gasteiger partial charge on any atom is -0.467 e. The molecule has 6 nitrogen and oxygen atoms in total. The normalized spacial score (nSPS) is 19.8. The molecule has 1 saturated heterocycles. The minimum absolute atomic E-state index is 0.0800. The van der Waals surface area contributed by atoms with Gasteiger partial charge in [0.15, 0.2) is 0 Å². The highest BCUT2D eigenvalue weighted by atomic mass is 16.6. The van der Waals surface area contributed by atoms with E-state index < -0.39 is 11.6 Å². The van der Waals surface area contributed by atoms with Gasteiger partial charge in [-0.15, -0.1) is 0 Å². The highest BCUT2D eigenvalue weighted by Gasteiger charge is 2.30. The summed E-state index contributed by atoms with van der Waals surface area (Å²) in [5.74, 6) is -0.411. The zero-order valence-corrected chi connectivity index (χ0v) is 11.4. The number of rotatable bonds is 3. The van der Waals surface area contributed by atoms with Gasteiger partial charge >= 0.3 is 12.1 Å². The lowest BCUT2D eigenvalue weighted by molar-refractivity contribution is -0.147. The second-order valence-electron chi connectivity index (χ2n) is 5.22. The van der Waals surface area contributed by atoms with Crippen molar-refractivity contribution in [1.29, 1.82) is 0 Å². The Morgan fingerprint density at radius 2 is 2.00 bits per heavy atom. The molecular formula is C12H21NO5. The molecule has 1 atom stereocenters. The quantitative estimate of drug-likeness (QED) is 0.712. The molecule has 1 aliphatic rings. The second-order valence-corrected chi connectivity index (χ2v) is 5.22. The van der Waals surface area contributed by atoms with Gasteiger partial charge in [-0.3, -0.25) is 0 Å². The number of likely N-dealkylation sites (tertiary alicyclic amines) is 1. The molecule has 1 unspecified atom stereocenters. The van der Waals surface area contributed by atoms with Crippen LogP contribution in [0.4, 0.5) is 4.79 Å². The van der Waals surface area contributed by atoms with Crippen LogP contribution in [0.2, 0.25) is 0 Å². The molecule has 0 aromatic heterocycles. The molecule has 0 spiro atoms. The molecule has 1 aliphatic heterocycles. The summed E-state index contributed by atoms with van der Waals surface area (Å²) < 4.78 is 15.1. The molecule has 1 heterocycles. The zero-order valence-electron chi connectivity index (χ0n) is 11.4. The fraction of sp³-hybridized carbons (Fsp3) is 0.833. The molecular weight excluding hydrogens is 238 g/mol. The van der Waals surface area contributed by atoms with Gasteiger partial charge in [0.2, 0.25) is 0 Å². The Balaban J connectivity index is 2.32. The first kappa shape index (κ1) is 14.8. The van der Waals surface area contributed by atoms with Crippen molar-refractivity contribution in [2.75, 3.05) is 26.8 Å². The van der Waals surface area contributed by atoms with Gasteiger partial charge in [-0.05, 0) is 27.2 Å². The van der Waals surface area contributed by atoms with Crippen molar-refractivity contribution >= 4 is 12.1 Å². The standard InChI is InChI=1S/C12H21NO5/c1-12(2,3)18-11(15)13-6-5-9(7-13)17-8-10(14)16-4/h9H,5-8H2,1-4H3. The molecule has 0 N–H and O–H groups in total. The first-order valence-electron chi connectivity index (χ1n) is 5.98. The summed E-state index contributed by atoms with van der Waals surface area (Å²) in [5.41, 5.74) is -0.498. The molecule has 104 valence electrons. The molecule has 0 aliphatic carbocycles. The van der Waals surface area contributed by atoms with Crippen LogP contribution in [0.5, 0.6) is 0 Å². The molecule has 18 heavy (non-hydrogen) atoms. The van der Waals surface area contributed by atoms with Gasteiger partial charge in [0.1, 0.15) is 12.2 Å². The van der Waals surface area contributed by atoms with Gasteiger partial charge in [-0.25, -0.2) is 9.59 Å². The van der Waals surface area contributed by atoms with Crippen LogP contribution in [0.25, 0.3) is 0 Å². The number of ether oxygens (including phenoxy) is 3. The predicted molar refractivity (Wildman–Crippen MR) is 64.2 cm³/mol. The van der Waals surface area contributed by atoms with Crippen LogP contribution in [0.15, 0.2) is 0 Å². The minimum atomic E-state index is -0.498. The monoisotopic (exact) mass is 259 g/mol. The number of methoxy groups -OCH3 is 1. The molecule has 1 amide bonds. The van der Waals surface area contributed by atoms with Crippen LogP contribution in [0.1, 0.15) is 27.2 Å². The van der Waals surface area contributed by atoms with Gasteiger partial charge < -0.3 is 19.1 Å². The lowest BCUT2D eigenvalue weighted by atomic mass is 10.2. The number of hydrogen-bond acceptors (Lipinski definition) is 5. The highest BCUT2D eigenvalue weighted by molar-refractivity contribution is 5.70.